The van der Waals surface area contributed by atoms with Gasteiger partial charge < -0.3 is 4.74 Å². The zero-order valence-corrected chi connectivity index (χ0v) is 18.5. The molecule has 0 aromatic heterocycles. The molecule has 1 spiro atoms. The van der Waals surface area contributed by atoms with Crippen LogP contribution in [-0.4, -0.2) is 18.0 Å². The number of ether oxygens (including phenoxy) is 1. The molecule has 3 aliphatic rings. The SMILES string of the molecule is CC1=CC(Cl)=CCC(C2OC3(CCN(Cc4cccc(F)c4)CC3)c3ccccc32)=C1. The third-order valence-corrected chi connectivity index (χ3v) is 6.95. The number of likely N-dealkylation sites (tertiary alicyclic amines) is 1. The maximum Gasteiger partial charge on any atom is 0.123 e. The average molecular weight is 436 g/mol. The highest BCUT2D eigenvalue weighted by atomic mass is 35.5. The van der Waals surface area contributed by atoms with E-state index < -0.39 is 0 Å². The number of piperidine rings is 1. The predicted octanol–water partition coefficient (Wildman–Crippen LogP) is 6.79. The summed E-state index contributed by atoms with van der Waals surface area (Å²) in [4.78, 5) is 2.40. The summed E-state index contributed by atoms with van der Waals surface area (Å²) in [5.41, 5.74) is 5.80. The van der Waals surface area contributed by atoms with E-state index in [2.05, 4.69) is 48.2 Å². The zero-order chi connectivity index (χ0) is 21.4. The molecular formula is C27H27ClFNO. The Morgan fingerprint density at radius 3 is 2.71 bits per heavy atom. The number of rotatable bonds is 3. The molecule has 2 nitrogen and oxygen atoms in total. The Hall–Kier alpha value is -2.20. The van der Waals surface area contributed by atoms with Crippen LogP contribution in [0.5, 0.6) is 0 Å². The van der Waals surface area contributed by atoms with Gasteiger partial charge in [-0.3, -0.25) is 4.90 Å². The Kier molecular flexibility index (Phi) is 5.60. The van der Waals surface area contributed by atoms with Crippen molar-refractivity contribution < 1.29 is 9.13 Å². The van der Waals surface area contributed by atoms with Gasteiger partial charge in [0.1, 0.15) is 11.9 Å². The van der Waals surface area contributed by atoms with E-state index in [1.165, 1.54) is 22.8 Å². The fraction of sp³-hybridized carbons (Fsp3) is 0.333. The Morgan fingerprint density at radius 1 is 1.10 bits per heavy atom. The van der Waals surface area contributed by atoms with Crippen LogP contribution in [0.4, 0.5) is 4.39 Å². The maximum absolute atomic E-state index is 13.6. The van der Waals surface area contributed by atoms with Crippen molar-refractivity contribution in [3.63, 3.8) is 0 Å². The Morgan fingerprint density at radius 2 is 1.90 bits per heavy atom. The molecule has 160 valence electrons. The topological polar surface area (TPSA) is 12.5 Å². The molecule has 4 heteroatoms. The van der Waals surface area contributed by atoms with Gasteiger partial charge in [-0.15, -0.1) is 0 Å². The van der Waals surface area contributed by atoms with Crippen LogP contribution in [0.2, 0.25) is 0 Å². The van der Waals surface area contributed by atoms with Gasteiger partial charge >= 0.3 is 0 Å². The molecule has 1 fully saturated rings. The molecule has 2 aromatic carbocycles. The van der Waals surface area contributed by atoms with Crippen LogP contribution < -0.4 is 0 Å². The van der Waals surface area contributed by atoms with Gasteiger partial charge in [-0.05, 0) is 72.2 Å². The van der Waals surface area contributed by atoms with E-state index in [1.807, 2.05) is 12.1 Å². The molecule has 5 rings (SSSR count). The Balaban J connectivity index is 1.37. The monoisotopic (exact) mass is 435 g/mol. The van der Waals surface area contributed by atoms with Gasteiger partial charge in [-0.25, -0.2) is 4.39 Å². The van der Waals surface area contributed by atoms with Crippen molar-refractivity contribution in [1.29, 1.82) is 0 Å². The first kappa shape index (κ1) is 20.7. The minimum absolute atomic E-state index is 0.0341. The lowest BCUT2D eigenvalue weighted by atomic mass is 9.83. The molecule has 0 saturated carbocycles. The number of hydrogen-bond acceptors (Lipinski definition) is 2. The molecule has 1 atom stereocenters. The number of hydrogen-bond donors (Lipinski definition) is 0. The van der Waals surface area contributed by atoms with Crippen LogP contribution in [0.1, 0.15) is 49.0 Å². The highest BCUT2D eigenvalue weighted by molar-refractivity contribution is 6.31. The summed E-state index contributed by atoms with van der Waals surface area (Å²) in [6, 6.07) is 15.6. The van der Waals surface area contributed by atoms with Gasteiger partial charge in [0, 0.05) is 24.7 Å². The lowest BCUT2D eigenvalue weighted by Crippen LogP contribution is -2.42. The van der Waals surface area contributed by atoms with E-state index in [4.69, 9.17) is 16.3 Å². The van der Waals surface area contributed by atoms with E-state index in [-0.39, 0.29) is 17.5 Å². The molecule has 1 saturated heterocycles. The molecule has 1 unspecified atom stereocenters. The van der Waals surface area contributed by atoms with E-state index in [9.17, 15) is 4.39 Å². The molecule has 2 aliphatic heterocycles. The van der Waals surface area contributed by atoms with Gasteiger partial charge in [-0.1, -0.05) is 60.2 Å². The second kappa shape index (κ2) is 8.38. The van der Waals surface area contributed by atoms with Gasteiger partial charge in [0.25, 0.3) is 0 Å². The molecule has 0 bridgehead atoms. The molecule has 2 heterocycles. The second-order valence-corrected chi connectivity index (χ2v) is 9.32. The summed E-state index contributed by atoms with van der Waals surface area (Å²) < 4.78 is 20.5. The van der Waals surface area contributed by atoms with E-state index in [0.29, 0.717) is 0 Å². The molecule has 0 amide bonds. The van der Waals surface area contributed by atoms with Crippen LogP contribution in [0.3, 0.4) is 0 Å². The van der Waals surface area contributed by atoms with Crippen molar-refractivity contribution in [2.45, 2.75) is 44.4 Å². The smallest absolute Gasteiger partial charge is 0.123 e. The minimum Gasteiger partial charge on any atom is -0.358 e. The number of nitrogens with zero attached hydrogens (tertiary/aromatic N) is 1. The molecule has 1 aliphatic carbocycles. The molecular weight excluding hydrogens is 409 g/mol. The third kappa shape index (κ3) is 4.15. The molecule has 0 N–H and O–H groups in total. The summed E-state index contributed by atoms with van der Waals surface area (Å²) in [6.45, 7) is 4.73. The number of fused-ring (bicyclic) bond motifs is 2. The lowest BCUT2D eigenvalue weighted by molar-refractivity contribution is -0.0993. The average Bonchev–Trinajstić information content (AvgIpc) is 2.96. The summed E-state index contributed by atoms with van der Waals surface area (Å²) in [7, 11) is 0. The molecule has 0 radical (unpaired) electrons. The molecule has 31 heavy (non-hydrogen) atoms. The highest BCUT2D eigenvalue weighted by Crippen LogP contribution is 2.52. The highest BCUT2D eigenvalue weighted by Gasteiger charge is 2.47. The lowest BCUT2D eigenvalue weighted by Gasteiger charge is -2.40. The van der Waals surface area contributed by atoms with Crippen LogP contribution in [-0.2, 0) is 16.9 Å². The first-order valence-corrected chi connectivity index (χ1v) is 11.4. The van der Waals surface area contributed by atoms with Crippen LogP contribution in [0.25, 0.3) is 0 Å². The summed E-state index contributed by atoms with van der Waals surface area (Å²) in [5, 5.41) is 0.787. The summed E-state index contributed by atoms with van der Waals surface area (Å²) >= 11 is 6.30. The van der Waals surface area contributed by atoms with Crippen molar-refractivity contribution in [2.24, 2.45) is 0 Å². The van der Waals surface area contributed by atoms with Crippen molar-refractivity contribution in [3.05, 3.63) is 105 Å². The quantitative estimate of drug-likeness (QED) is 0.526. The van der Waals surface area contributed by atoms with Gasteiger partial charge in [0.05, 0.1) is 5.60 Å². The zero-order valence-electron chi connectivity index (χ0n) is 17.8. The van der Waals surface area contributed by atoms with E-state index in [1.54, 1.807) is 12.1 Å². The summed E-state index contributed by atoms with van der Waals surface area (Å²) in [5.74, 6) is -0.169. The van der Waals surface area contributed by atoms with Crippen molar-refractivity contribution in [3.8, 4) is 0 Å². The van der Waals surface area contributed by atoms with Crippen molar-refractivity contribution in [1.82, 2.24) is 4.90 Å². The normalized spacial score (nSPS) is 23.1. The van der Waals surface area contributed by atoms with E-state index >= 15 is 0 Å². The van der Waals surface area contributed by atoms with Crippen LogP contribution in [0.15, 0.2) is 82.9 Å². The van der Waals surface area contributed by atoms with Crippen LogP contribution >= 0.6 is 11.6 Å². The first-order valence-electron chi connectivity index (χ1n) is 11.0. The number of halogens is 2. The number of benzene rings is 2. The van der Waals surface area contributed by atoms with Gasteiger partial charge in [0.2, 0.25) is 0 Å². The Bertz CT molecular complexity index is 1080. The minimum atomic E-state index is -0.252. The molecule has 2 aromatic rings. The number of allylic oxidation sites excluding steroid dienone is 5. The van der Waals surface area contributed by atoms with Crippen LogP contribution in [0, 0.1) is 5.82 Å². The van der Waals surface area contributed by atoms with Gasteiger partial charge in [-0.2, -0.15) is 0 Å². The third-order valence-electron chi connectivity index (χ3n) is 6.68. The second-order valence-electron chi connectivity index (χ2n) is 8.89. The fourth-order valence-electron chi connectivity index (χ4n) is 5.19. The fourth-order valence-corrected chi connectivity index (χ4v) is 5.44. The maximum atomic E-state index is 13.6. The van der Waals surface area contributed by atoms with Crippen molar-refractivity contribution in [2.75, 3.05) is 13.1 Å². The largest absolute Gasteiger partial charge is 0.358 e. The predicted molar refractivity (Wildman–Crippen MR) is 123 cm³/mol. The first-order chi connectivity index (χ1) is 15.0. The van der Waals surface area contributed by atoms with Crippen molar-refractivity contribution >= 4 is 11.6 Å². The van der Waals surface area contributed by atoms with E-state index in [0.717, 1.165) is 55.1 Å². The Labute approximate surface area is 188 Å². The standard InChI is InChI=1S/C27H27ClFNO/c1-19-15-21(9-10-22(28)16-19)26-24-7-2-3-8-25(24)27(31-26)11-13-30(14-12-27)18-20-5-4-6-23(29)17-20/h2-8,10,15-17,26H,9,11-14,18H2,1H3. The summed E-state index contributed by atoms with van der Waals surface area (Å²) in [6.07, 6.45) is 8.95. The van der Waals surface area contributed by atoms with Gasteiger partial charge in [0.15, 0.2) is 0 Å².